The van der Waals surface area contributed by atoms with Gasteiger partial charge in [0.05, 0.1) is 0 Å². The van der Waals surface area contributed by atoms with Gasteiger partial charge in [0.1, 0.15) is 12.4 Å². The third-order valence-corrected chi connectivity index (χ3v) is 2.82. The predicted molar refractivity (Wildman–Crippen MR) is 71.2 cm³/mol. The number of likely N-dealkylation sites (N-methyl/N-ethyl adjacent to an activating group) is 1. The molecule has 0 radical (unpaired) electrons. The maximum Gasteiger partial charge on any atom is 0.119 e. The highest BCUT2D eigenvalue weighted by molar-refractivity contribution is 7.79. The second-order valence-corrected chi connectivity index (χ2v) is 3.83. The van der Waals surface area contributed by atoms with Crippen molar-refractivity contribution in [2.75, 3.05) is 20.2 Å². The molecular formula is C11H17NOS2. The fourth-order valence-electron chi connectivity index (χ4n) is 1.26. The molecule has 1 aromatic carbocycles. The number of hydrogen-bond donors (Lipinski definition) is 3. The van der Waals surface area contributed by atoms with Crippen LogP contribution < -0.4 is 10.1 Å². The van der Waals surface area contributed by atoms with E-state index >= 15 is 0 Å². The van der Waals surface area contributed by atoms with Gasteiger partial charge in [-0.2, -0.15) is 25.3 Å². The van der Waals surface area contributed by atoms with Crippen LogP contribution in [-0.2, 0) is 11.5 Å². The molecule has 4 heteroatoms. The number of benzene rings is 1. The lowest BCUT2D eigenvalue weighted by Crippen LogP contribution is -2.16. The molecule has 0 unspecified atom stereocenters. The van der Waals surface area contributed by atoms with Crippen molar-refractivity contribution in [1.29, 1.82) is 0 Å². The summed E-state index contributed by atoms with van der Waals surface area (Å²) in [6, 6.07) is 6.07. The van der Waals surface area contributed by atoms with Gasteiger partial charge >= 0.3 is 0 Å². The Bertz CT molecular complexity index is 305. The number of ether oxygens (including phenoxy) is 1. The quantitative estimate of drug-likeness (QED) is 0.526. The van der Waals surface area contributed by atoms with Crippen LogP contribution in [0.1, 0.15) is 11.1 Å². The van der Waals surface area contributed by atoms with E-state index in [9.17, 15) is 0 Å². The molecule has 1 N–H and O–H groups in total. The summed E-state index contributed by atoms with van der Waals surface area (Å²) in [6.45, 7) is 1.53. The Balaban J connectivity index is 2.66. The maximum atomic E-state index is 5.57. The van der Waals surface area contributed by atoms with Gasteiger partial charge in [0, 0.05) is 18.1 Å². The normalized spacial score (nSPS) is 10.3. The molecule has 1 rings (SSSR count). The highest BCUT2D eigenvalue weighted by Crippen LogP contribution is 2.20. The molecule has 0 aliphatic rings. The molecule has 0 heterocycles. The summed E-state index contributed by atoms with van der Waals surface area (Å²) in [4.78, 5) is 0. The smallest absolute Gasteiger partial charge is 0.119 e. The van der Waals surface area contributed by atoms with Crippen molar-refractivity contribution in [1.82, 2.24) is 5.32 Å². The Morgan fingerprint density at radius 2 is 1.93 bits per heavy atom. The van der Waals surface area contributed by atoms with Crippen molar-refractivity contribution in [2.45, 2.75) is 11.5 Å². The first-order valence-electron chi connectivity index (χ1n) is 4.92. The second kappa shape index (κ2) is 7.04. The Morgan fingerprint density at radius 3 is 2.53 bits per heavy atom. The lowest BCUT2D eigenvalue weighted by Gasteiger charge is -2.09. The van der Waals surface area contributed by atoms with Gasteiger partial charge in [-0.05, 0) is 30.3 Å². The number of rotatable bonds is 6. The molecule has 15 heavy (non-hydrogen) atoms. The third-order valence-electron chi connectivity index (χ3n) is 2.14. The zero-order valence-corrected chi connectivity index (χ0v) is 10.7. The van der Waals surface area contributed by atoms with Gasteiger partial charge in [-0.3, -0.25) is 0 Å². The van der Waals surface area contributed by atoms with Crippen molar-refractivity contribution in [3.8, 4) is 5.75 Å². The van der Waals surface area contributed by atoms with E-state index in [-0.39, 0.29) is 0 Å². The lowest BCUT2D eigenvalue weighted by atomic mass is 10.1. The molecule has 0 bridgehead atoms. The molecular weight excluding hydrogens is 226 g/mol. The summed E-state index contributed by atoms with van der Waals surface area (Å²) in [5.74, 6) is 2.37. The Morgan fingerprint density at radius 1 is 1.20 bits per heavy atom. The standard InChI is InChI=1S/C11H17NOS2/c1-12-4-5-13-11-3-2-9(7-14)10(6-11)8-15/h2-3,6,12,14-15H,4-5,7-8H2,1H3. The monoisotopic (exact) mass is 243 g/mol. The molecule has 0 saturated heterocycles. The van der Waals surface area contributed by atoms with Gasteiger partial charge < -0.3 is 10.1 Å². The molecule has 0 spiro atoms. The second-order valence-electron chi connectivity index (χ2n) is 3.20. The third kappa shape index (κ3) is 3.97. The van der Waals surface area contributed by atoms with E-state index in [0.29, 0.717) is 6.61 Å². The van der Waals surface area contributed by atoms with E-state index in [1.165, 1.54) is 11.1 Å². The average molecular weight is 243 g/mol. The Hall–Kier alpha value is -0.320. The lowest BCUT2D eigenvalue weighted by molar-refractivity contribution is 0.318. The van der Waals surface area contributed by atoms with Gasteiger partial charge in [0.2, 0.25) is 0 Å². The van der Waals surface area contributed by atoms with Crippen molar-refractivity contribution in [3.05, 3.63) is 29.3 Å². The minimum Gasteiger partial charge on any atom is -0.492 e. The Kier molecular flexibility index (Phi) is 5.98. The number of thiol groups is 2. The molecule has 0 atom stereocenters. The zero-order valence-electron chi connectivity index (χ0n) is 8.86. The summed E-state index contributed by atoms with van der Waals surface area (Å²) < 4.78 is 5.57. The van der Waals surface area contributed by atoms with Gasteiger partial charge in [-0.1, -0.05) is 6.07 Å². The molecule has 0 saturated carbocycles. The summed E-state index contributed by atoms with van der Waals surface area (Å²) in [6.07, 6.45) is 0. The van der Waals surface area contributed by atoms with Crippen molar-refractivity contribution < 1.29 is 4.74 Å². The van der Waals surface area contributed by atoms with E-state index < -0.39 is 0 Å². The fourth-order valence-corrected chi connectivity index (χ4v) is 1.87. The summed E-state index contributed by atoms with van der Waals surface area (Å²) >= 11 is 8.56. The van der Waals surface area contributed by atoms with Crippen LogP contribution in [0, 0.1) is 0 Å². The molecule has 0 fully saturated rings. The van der Waals surface area contributed by atoms with Crippen LogP contribution in [0.25, 0.3) is 0 Å². The van der Waals surface area contributed by atoms with E-state index in [1.54, 1.807) is 0 Å². The fraction of sp³-hybridized carbons (Fsp3) is 0.455. The van der Waals surface area contributed by atoms with E-state index in [0.717, 1.165) is 23.8 Å². The highest BCUT2D eigenvalue weighted by Gasteiger charge is 2.01. The number of nitrogens with one attached hydrogen (secondary N) is 1. The van der Waals surface area contributed by atoms with Crippen molar-refractivity contribution in [3.63, 3.8) is 0 Å². The maximum absolute atomic E-state index is 5.57. The topological polar surface area (TPSA) is 21.3 Å². The van der Waals surface area contributed by atoms with E-state index in [4.69, 9.17) is 4.74 Å². The molecule has 84 valence electrons. The molecule has 0 aromatic heterocycles. The average Bonchev–Trinajstić information content (AvgIpc) is 2.29. The molecule has 1 aromatic rings. The first kappa shape index (κ1) is 12.7. The van der Waals surface area contributed by atoms with Crippen LogP contribution in [0.3, 0.4) is 0 Å². The van der Waals surface area contributed by atoms with Crippen LogP contribution in [0.5, 0.6) is 5.75 Å². The van der Waals surface area contributed by atoms with Gasteiger partial charge in [-0.15, -0.1) is 0 Å². The predicted octanol–water partition coefficient (Wildman–Crippen LogP) is 2.14. The van der Waals surface area contributed by atoms with Crippen molar-refractivity contribution >= 4 is 25.3 Å². The molecule has 0 amide bonds. The SMILES string of the molecule is CNCCOc1ccc(CS)c(CS)c1. The zero-order chi connectivity index (χ0) is 11.1. The van der Waals surface area contributed by atoms with Crippen LogP contribution >= 0.6 is 25.3 Å². The van der Waals surface area contributed by atoms with Crippen molar-refractivity contribution in [2.24, 2.45) is 0 Å². The largest absolute Gasteiger partial charge is 0.492 e. The Labute approximate surface area is 102 Å². The molecule has 2 nitrogen and oxygen atoms in total. The van der Waals surface area contributed by atoms with Gasteiger partial charge in [0.25, 0.3) is 0 Å². The van der Waals surface area contributed by atoms with Crippen LogP contribution in [0.4, 0.5) is 0 Å². The van der Waals surface area contributed by atoms with Crippen LogP contribution in [0.15, 0.2) is 18.2 Å². The van der Waals surface area contributed by atoms with Crippen LogP contribution in [0.2, 0.25) is 0 Å². The van der Waals surface area contributed by atoms with E-state index in [1.807, 2.05) is 25.2 Å². The van der Waals surface area contributed by atoms with E-state index in [2.05, 4.69) is 30.6 Å². The first-order chi connectivity index (χ1) is 7.31. The summed E-state index contributed by atoms with van der Waals surface area (Å²) in [5.41, 5.74) is 2.41. The minimum absolute atomic E-state index is 0.683. The molecule has 0 aliphatic carbocycles. The minimum atomic E-state index is 0.683. The summed E-state index contributed by atoms with van der Waals surface area (Å²) in [7, 11) is 1.91. The molecule has 0 aliphatic heterocycles. The number of hydrogen-bond acceptors (Lipinski definition) is 4. The van der Waals surface area contributed by atoms with Gasteiger partial charge in [0.15, 0.2) is 0 Å². The summed E-state index contributed by atoms with van der Waals surface area (Å²) in [5, 5.41) is 3.04. The van der Waals surface area contributed by atoms with Crippen LogP contribution in [-0.4, -0.2) is 20.2 Å². The van der Waals surface area contributed by atoms with Gasteiger partial charge in [-0.25, -0.2) is 0 Å². The highest BCUT2D eigenvalue weighted by atomic mass is 32.1. The first-order valence-corrected chi connectivity index (χ1v) is 6.19.